The Bertz CT molecular complexity index is 327. The Balaban J connectivity index is 0.00000112. The first-order valence-corrected chi connectivity index (χ1v) is 6.25. The normalized spacial score (nSPS) is 20.8. The Kier molecular flexibility index (Phi) is 5.57. The highest BCUT2D eigenvalue weighted by atomic mass is 79.9. The molecule has 1 aliphatic heterocycles. The van der Waals surface area contributed by atoms with E-state index in [-0.39, 0.29) is 12.4 Å². The number of nitrogens with one attached hydrogen (secondary N) is 2. The molecule has 84 valence electrons. The fraction of sp³-hybridized carbons (Fsp3) is 0.400. The molecule has 1 atom stereocenters. The highest BCUT2D eigenvalue weighted by Crippen LogP contribution is 2.27. The fourth-order valence-corrected chi connectivity index (χ4v) is 2.56. The van der Waals surface area contributed by atoms with Crippen LogP contribution >= 0.6 is 44.3 Å². The summed E-state index contributed by atoms with van der Waals surface area (Å²) in [5.41, 5.74) is 1.31. The largest absolute Gasteiger partial charge is 0.314 e. The number of rotatable bonds is 1. The molecule has 0 aromatic heterocycles. The van der Waals surface area contributed by atoms with Crippen molar-refractivity contribution < 1.29 is 0 Å². The van der Waals surface area contributed by atoms with Gasteiger partial charge < -0.3 is 10.6 Å². The highest BCUT2D eigenvalue weighted by molar-refractivity contribution is 9.11. The van der Waals surface area contributed by atoms with Crippen LogP contribution in [0.4, 0.5) is 0 Å². The summed E-state index contributed by atoms with van der Waals surface area (Å²) in [5.74, 6) is 0. The summed E-state index contributed by atoms with van der Waals surface area (Å²) in [5, 5.41) is 6.87. The Labute approximate surface area is 113 Å². The highest BCUT2D eigenvalue weighted by Gasteiger charge is 2.16. The first kappa shape index (κ1) is 13.5. The second kappa shape index (κ2) is 6.21. The van der Waals surface area contributed by atoms with Crippen LogP contribution in [0.1, 0.15) is 11.6 Å². The number of hydrogen-bond donors (Lipinski definition) is 2. The lowest BCUT2D eigenvalue weighted by Crippen LogP contribution is -2.42. The lowest BCUT2D eigenvalue weighted by atomic mass is 10.1. The fourth-order valence-electron chi connectivity index (χ4n) is 1.65. The molecule has 0 bridgehead atoms. The zero-order chi connectivity index (χ0) is 9.97. The van der Waals surface area contributed by atoms with Crippen LogP contribution in [0, 0.1) is 0 Å². The molecule has 0 spiro atoms. The maximum absolute atomic E-state index is 3.58. The minimum Gasteiger partial charge on any atom is -0.314 e. The Morgan fingerprint density at radius 2 is 2.00 bits per heavy atom. The Morgan fingerprint density at radius 1 is 1.20 bits per heavy atom. The zero-order valence-electron chi connectivity index (χ0n) is 8.09. The van der Waals surface area contributed by atoms with E-state index >= 15 is 0 Å². The predicted octanol–water partition coefficient (Wildman–Crippen LogP) is 2.87. The van der Waals surface area contributed by atoms with Crippen molar-refractivity contribution >= 4 is 44.3 Å². The van der Waals surface area contributed by atoms with Crippen molar-refractivity contribution in [2.75, 3.05) is 19.6 Å². The van der Waals surface area contributed by atoms with Crippen molar-refractivity contribution in [3.63, 3.8) is 0 Å². The van der Waals surface area contributed by atoms with E-state index < -0.39 is 0 Å². The van der Waals surface area contributed by atoms with E-state index in [9.17, 15) is 0 Å². The lowest BCUT2D eigenvalue weighted by Gasteiger charge is -2.25. The summed E-state index contributed by atoms with van der Waals surface area (Å²) < 4.78 is 2.30. The van der Waals surface area contributed by atoms with Gasteiger partial charge in [0, 0.05) is 34.6 Å². The second-order valence-electron chi connectivity index (χ2n) is 3.38. The van der Waals surface area contributed by atoms with E-state index in [1.54, 1.807) is 0 Å². The second-order valence-corrected chi connectivity index (χ2v) is 5.15. The molecule has 2 rings (SSSR count). The van der Waals surface area contributed by atoms with Crippen molar-refractivity contribution in [1.82, 2.24) is 10.6 Å². The van der Waals surface area contributed by atoms with Crippen molar-refractivity contribution in [3.05, 3.63) is 32.7 Å². The average molecular weight is 356 g/mol. The van der Waals surface area contributed by atoms with Crippen LogP contribution in [0.2, 0.25) is 0 Å². The third-order valence-corrected chi connectivity index (χ3v) is 3.59. The molecule has 1 fully saturated rings. The van der Waals surface area contributed by atoms with E-state index in [1.807, 2.05) is 6.07 Å². The summed E-state index contributed by atoms with van der Waals surface area (Å²) in [4.78, 5) is 0. The van der Waals surface area contributed by atoms with E-state index in [0.717, 1.165) is 24.1 Å². The molecule has 2 nitrogen and oxygen atoms in total. The molecule has 1 aromatic carbocycles. The van der Waals surface area contributed by atoms with Crippen LogP contribution in [0.3, 0.4) is 0 Å². The third-order valence-electron chi connectivity index (χ3n) is 2.37. The molecular weight excluding hydrogens is 343 g/mol. The van der Waals surface area contributed by atoms with Crippen LogP contribution in [0.5, 0.6) is 0 Å². The van der Waals surface area contributed by atoms with Gasteiger partial charge in [-0.2, -0.15) is 0 Å². The summed E-state index contributed by atoms with van der Waals surface area (Å²) >= 11 is 7.07. The molecule has 0 radical (unpaired) electrons. The molecule has 1 heterocycles. The van der Waals surface area contributed by atoms with Crippen LogP contribution < -0.4 is 10.6 Å². The van der Waals surface area contributed by atoms with E-state index in [0.29, 0.717) is 6.04 Å². The van der Waals surface area contributed by atoms with Crippen LogP contribution in [0.15, 0.2) is 27.1 Å². The first-order valence-electron chi connectivity index (χ1n) is 4.66. The number of hydrogen-bond acceptors (Lipinski definition) is 2. The third kappa shape index (κ3) is 3.43. The standard InChI is InChI=1S/C10H12Br2N2.ClH/c11-7-1-2-9(12)8(5-7)10-6-13-3-4-14-10;/h1-2,5,10,13-14H,3-4,6H2;1H/t10-;/m0./s1. The molecule has 1 aliphatic rings. The number of halogens is 3. The summed E-state index contributed by atoms with van der Waals surface area (Å²) in [6, 6.07) is 6.70. The monoisotopic (exact) mass is 354 g/mol. The van der Waals surface area contributed by atoms with Crippen LogP contribution in [-0.2, 0) is 0 Å². The van der Waals surface area contributed by atoms with Gasteiger partial charge in [-0.15, -0.1) is 12.4 Å². The minimum atomic E-state index is 0. The minimum absolute atomic E-state index is 0. The lowest BCUT2D eigenvalue weighted by molar-refractivity contribution is 0.429. The van der Waals surface area contributed by atoms with Crippen LogP contribution in [0.25, 0.3) is 0 Å². The quantitative estimate of drug-likeness (QED) is 0.809. The maximum Gasteiger partial charge on any atom is 0.0458 e. The molecule has 0 amide bonds. The predicted molar refractivity (Wildman–Crippen MR) is 72.7 cm³/mol. The van der Waals surface area contributed by atoms with E-state index in [2.05, 4.69) is 54.6 Å². The van der Waals surface area contributed by atoms with Gasteiger partial charge in [0.25, 0.3) is 0 Å². The van der Waals surface area contributed by atoms with Crippen molar-refractivity contribution in [2.45, 2.75) is 6.04 Å². The van der Waals surface area contributed by atoms with Gasteiger partial charge in [0.05, 0.1) is 0 Å². The molecule has 0 unspecified atom stereocenters. The molecule has 2 N–H and O–H groups in total. The molecule has 0 saturated carbocycles. The van der Waals surface area contributed by atoms with E-state index in [1.165, 1.54) is 10.0 Å². The topological polar surface area (TPSA) is 24.1 Å². The smallest absolute Gasteiger partial charge is 0.0458 e. The van der Waals surface area contributed by atoms with Gasteiger partial charge in [0.2, 0.25) is 0 Å². The van der Waals surface area contributed by atoms with Gasteiger partial charge >= 0.3 is 0 Å². The van der Waals surface area contributed by atoms with Crippen molar-refractivity contribution in [3.8, 4) is 0 Å². The number of piperazine rings is 1. The summed E-state index contributed by atoms with van der Waals surface area (Å²) in [7, 11) is 0. The SMILES string of the molecule is Brc1ccc(Br)c([C@@H]2CNCCN2)c1.Cl. The van der Waals surface area contributed by atoms with Gasteiger partial charge in [-0.05, 0) is 23.8 Å². The molecule has 0 aliphatic carbocycles. The summed E-state index contributed by atoms with van der Waals surface area (Å²) in [6.07, 6.45) is 0. The van der Waals surface area contributed by atoms with E-state index in [4.69, 9.17) is 0 Å². The van der Waals surface area contributed by atoms with Gasteiger partial charge in [0.1, 0.15) is 0 Å². The van der Waals surface area contributed by atoms with Gasteiger partial charge in [-0.25, -0.2) is 0 Å². The molecule has 1 aromatic rings. The summed E-state index contributed by atoms with van der Waals surface area (Å²) in [6.45, 7) is 3.08. The molecular formula is C10H13Br2ClN2. The Morgan fingerprint density at radius 3 is 2.67 bits per heavy atom. The molecule has 5 heteroatoms. The molecule has 15 heavy (non-hydrogen) atoms. The van der Waals surface area contributed by atoms with Crippen molar-refractivity contribution in [2.24, 2.45) is 0 Å². The van der Waals surface area contributed by atoms with Crippen LogP contribution in [-0.4, -0.2) is 19.6 Å². The zero-order valence-corrected chi connectivity index (χ0v) is 12.1. The van der Waals surface area contributed by atoms with Gasteiger partial charge in [-0.3, -0.25) is 0 Å². The maximum atomic E-state index is 3.58. The Hall–Kier alpha value is 0.390. The average Bonchev–Trinajstić information content (AvgIpc) is 2.23. The van der Waals surface area contributed by atoms with Gasteiger partial charge in [-0.1, -0.05) is 31.9 Å². The molecule has 1 saturated heterocycles. The first-order chi connectivity index (χ1) is 6.77. The van der Waals surface area contributed by atoms with Crippen molar-refractivity contribution in [1.29, 1.82) is 0 Å². The van der Waals surface area contributed by atoms with Gasteiger partial charge in [0.15, 0.2) is 0 Å². The number of benzene rings is 1.